The summed E-state index contributed by atoms with van der Waals surface area (Å²) in [7, 11) is -3.48. The third-order valence-corrected chi connectivity index (χ3v) is 7.79. The van der Waals surface area contributed by atoms with Gasteiger partial charge in [-0.2, -0.15) is 4.31 Å². The topological polar surface area (TPSA) is 81.6 Å². The zero-order chi connectivity index (χ0) is 20.3. The van der Waals surface area contributed by atoms with E-state index in [-0.39, 0.29) is 11.7 Å². The van der Waals surface area contributed by atoms with E-state index in [1.54, 1.807) is 35.0 Å². The van der Waals surface area contributed by atoms with Gasteiger partial charge >= 0.3 is 0 Å². The predicted molar refractivity (Wildman–Crippen MR) is 108 cm³/mol. The summed E-state index contributed by atoms with van der Waals surface area (Å²) in [6.07, 6.45) is 8.60. The zero-order valence-corrected chi connectivity index (χ0v) is 17.5. The fraction of sp³-hybridized carbons (Fsp3) is 0.524. The third kappa shape index (κ3) is 4.44. The van der Waals surface area contributed by atoms with Crippen molar-refractivity contribution in [1.29, 1.82) is 0 Å². The Balaban J connectivity index is 1.40. The summed E-state index contributed by atoms with van der Waals surface area (Å²) in [6.45, 7) is 3.57. The molecule has 0 amide bonds. The minimum Gasteiger partial charge on any atom is -0.473 e. The summed E-state index contributed by atoms with van der Waals surface area (Å²) in [5, 5.41) is 0. The smallest absolute Gasteiger partial charge is 0.243 e. The molecule has 0 N–H and O–H groups in total. The fourth-order valence-electron chi connectivity index (χ4n) is 4.13. The van der Waals surface area contributed by atoms with E-state index < -0.39 is 10.0 Å². The first kappa shape index (κ1) is 20.3. The molecule has 8 heteroatoms. The molecule has 0 radical (unpaired) electrons. The number of hydrogen-bond acceptors (Lipinski definition) is 6. The Morgan fingerprint density at radius 3 is 2.62 bits per heavy atom. The van der Waals surface area contributed by atoms with Crippen LogP contribution in [0.15, 0.2) is 47.8 Å². The number of sulfonamides is 1. The van der Waals surface area contributed by atoms with Crippen molar-refractivity contribution in [3.8, 4) is 5.88 Å². The van der Waals surface area contributed by atoms with Gasteiger partial charge in [0.15, 0.2) is 0 Å². The van der Waals surface area contributed by atoms with Crippen LogP contribution in [-0.4, -0.2) is 54.1 Å². The Labute approximate surface area is 172 Å². The Bertz CT molecular complexity index is 911. The molecule has 1 atom stereocenters. The lowest BCUT2D eigenvalue weighted by atomic mass is 9.84. The number of piperidine rings is 1. The fourth-order valence-corrected chi connectivity index (χ4v) is 5.57. The molecule has 4 rings (SSSR count). The number of nitrogens with zero attached hydrogens (tertiary/aromatic N) is 3. The van der Waals surface area contributed by atoms with Crippen LogP contribution >= 0.6 is 0 Å². The summed E-state index contributed by atoms with van der Waals surface area (Å²) in [5.74, 6) is 0.519. The molecular formula is C21H27N3O4S. The van der Waals surface area contributed by atoms with Crippen LogP contribution in [0.1, 0.15) is 38.2 Å². The lowest BCUT2D eigenvalue weighted by molar-refractivity contribution is -0.133. The van der Waals surface area contributed by atoms with Crippen molar-refractivity contribution in [2.45, 2.75) is 55.6 Å². The van der Waals surface area contributed by atoms with Gasteiger partial charge < -0.3 is 9.47 Å². The summed E-state index contributed by atoms with van der Waals surface area (Å²) < 4.78 is 39.7. The van der Waals surface area contributed by atoms with E-state index >= 15 is 0 Å². The zero-order valence-electron chi connectivity index (χ0n) is 16.7. The van der Waals surface area contributed by atoms with Gasteiger partial charge in [0.05, 0.1) is 23.3 Å². The first-order valence-corrected chi connectivity index (χ1v) is 11.6. The molecule has 2 aliphatic rings. The molecule has 2 aliphatic heterocycles. The van der Waals surface area contributed by atoms with Gasteiger partial charge in [0.2, 0.25) is 15.9 Å². The van der Waals surface area contributed by atoms with Gasteiger partial charge in [-0.3, -0.25) is 4.98 Å². The largest absolute Gasteiger partial charge is 0.473 e. The van der Waals surface area contributed by atoms with Crippen molar-refractivity contribution < 1.29 is 17.9 Å². The van der Waals surface area contributed by atoms with Gasteiger partial charge in [-0.1, -0.05) is 19.1 Å². The van der Waals surface area contributed by atoms with E-state index in [2.05, 4.69) is 16.9 Å². The molecular weight excluding hydrogens is 390 g/mol. The lowest BCUT2D eigenvalue weighted by Gasteiger charge is -2.45. The molecule has 0 aliphatic carbocycles. The average molecular weight is 418 g/mol. The first-order chi connectivity index (χ1) is 14.0. The number of hydrogen-bond donors (Lipinski definition) is 0. The second-order valence-electron chi connectivity index (χ2n) is 7.71. The molecule has 29 heavy (non-hydrogen) atoms. The highest BCUT2D eigenvalue weighted by atomic mass is 32.2. The number of aromatic nitrogens is 2. The highest BCUT2D eigenvalue weighted by Crippen LogP contribution is 2.37. The highest BCUT2D eigenvalue weighted by Gasteiger charge is 2.43. The molecule has 3 heterocycles. The monoisotopic (exact) mass is 417 g/mol. The van der Waals surface area contributed by atoms with Crippen LogP contribution in [0, 0.1) is 0 Å². The molecule has 0 saturated carbocycles. The minimum atomic E-state index is -3.48. The normalized spacial score (nSPS) is 22.4. The van der Waals surface area contributed by atoms with Crippen LogP contribution < -0.4 is 4.74 Å². The van der Waals surface area contributed by atoms with Gasteiger partial charge in [-0.25, -0.2) is 13.4 Å². The van der Waals surface area contributed by atoms with E-state index in [4.69, 9.17) is 9.47 Å². The van der Waals surface area contributed by atoms with Crippen molar-refractivity contribution in [1.82, 2.24) is 14.3 Å². The second kappa shape index (κ2) is 8.38. The predicted octanol–water partition coefficient (Wildman–Crippen LogP) is 2.82. The summed E-state index contributed by atoms with van der Waals surface area (Å²) in [6, 6.07) is 7.19. The van der Waals surface area contributed by atoms with E-state index in [1.807, 2.05) is 12.1 Å². The molecule has 1 spiro atoms. The first-order valence-electron chi connectivity index (χ1n) is 10.2. The highest BCUT2D eigenvalue weighted by molar-refractivity contribution is 7.89. The maximum absolute atomic E-state index is 13.0. The molecule has 1 unspecified atom stereocenters. The Morgan fingerprint density at radius 2 is 1.97 bits per heavy atom. The Kier molecular flexibility index (Phi) is 5.85. The van der Waals surface area contributed by atoms with Crippen molar-refractivity contribution >= 4 is 10.0 Å². The van der Waals surface area contributed by atoms with Crippen LogP contribution in [0.3, 0.4) is 0 Å². The second-order valence-corrected chi connectivity index (χ2v) is 9.65. The Morgan fingerprint density at radius 1 is 1.21 bits per heavy atom. The van der Waals surface area contributed by atoms with Crippen LogP contribution in [0.25, 0.3) is 0 Å². The average Bonchev–Trinajstić information content (AvgIpc) is 2.75. The third-order valence-electron chi connectivity index (χ3n) is 5.88. The van der Waals surface area contributed by atoms with Crippen molar-refractivity contribution in [3.05, 3.63) is 48.4 Å². The van der Waals surface area contributed by atoms with Crippen LogP contribution in [0.2, 0.25) is 0 Å². The minimum absolute atomic E-state index is 0.00481. The van der Waals surface area contributed by atoms with Gasteiger partial charge in [0, 0.05) is 38.3 Å². The number of aryl methyl sites for hydroxylation is 1. The van der Waals surface area contributed by atoms with Crippen molar-refractivity contribution in [2.75, 3.05) is 19.7 Å². The van der Waals surface area contributed by atoms with E-state index in [9.17, 15) is 8.42 Å². The van der Waals surface area contributed by atoms with Gasteiger partial charge in [-0.05, 0) is 37.0 Å². The van der Waals surface area contributed by atoms with Crippen molar-refractivity contribution in [2.24, 2.45) is 0 Å². The van der Waals surface area contributed by atoms with Crippen molar-refractivity contribution in [3.63, 3.8) is 0 Å². The quantitative estimate of drug-likeness (QED) is 0.744. The SMILES string of the molecule is CCc1ccc(S(=O)(=O)N2CCC3(CC2)CC(Oc2cnccn2)CCO3)cc1. The lowest BCUT2D eigenvalue weighted by Crippen LogP contribution is -2.52. The van der Waals surface area contributed by atoms with Crippen LogP contribution in [-0.2, 0) is 21.2 Å². The Hall–Kier alpha value is -2.03. The van der Waals surface area contributed by atoms with Crippen LogP contribution in [0.4, 0.5) is 0 Å². The number of benzene rings is 1. The van der Waals surface area contributed by atoms with Gasteiger partial charge in [0.1, 0.15) is 6.10 Å². The molecule has 156 valence electrons. The summed E-state index contributed by atoms with van der Waals surface area (Å²) in [4.78, 5) is 8.58. The van der Waals surface area contributed by atoms with E-state index in [1.165, 1.54) is 0 Å². The standard InChI is InChI=1S/C21H27N3O4S/c1-2-17-3-5-19(6-4-17)29(25,26)24-12-8-21(9-13-24)15-18(7-14-27-21)28-20-16-22-10-11-23-20/h3-6,10-11,16,18H,2,7-9,12-15H2,1H3. The molecule has 7 nitrogen and oxygen atoms in total. The van der Waals surface area contributed by atoms with Gasteiger partial charge in [-0.15, -0.1) is 0 Å². The molecule has 1 aromatic carbocycles. The number of rotatable bonds is 5. The molecule has 2 saturated heterocycles. The van der Waals surface area contributed by atoms with Crippen LogP contribution in [0.5, 0.6) is 5.88 Å². The van der Waals surface area contributed by atoms with E-state index in [0.29, 0.717) is 43.3 Å². The molecule has 0 bridgehead atoms. The molecule has 2 fully saturated rings. The van der Waals surface area contributed by atoms with E-state index in [0.717, 1.165) is 24.8 Å². The summed E-state index contributed by atoms with van der Waals surface area (Å²) in [5.41, 5.74) is 0.801. The molecule has 2 aromatic rings. The summed E-state index contributed by atoms with van der Waals surface area (Å²) >= 11 is 0. The van der Waals surface area contributed by atoms with Gasteiger partial charge in [0.25, 0.3) is 0 Å². The molecule has 1 aromatic heterocycles. The number of ether oxygens (including phenoxy) is 2. The maximum atomic E-state index is 13.0. The maximum Gasteiger partial charge on any atom is 0.243 e.